The number of aryl methyl sites for hydroxylation is 1. The summed E-state index contributed by atoms with van der Waals surface area (Å²) >= 11 is 7.39. The van der Waals surface area contributed by atoms with Crippen LogP contribution in [0.25, 0.3) is 0 Å². The van der Waals surface area contributed by atoms with Gasteiger partial charge in [-0.15, -0.1) is 11.3 Å². The third kappa shape index (κ3) is 4.61. The van der Waals surface area contributed by atoms with Gasteiger partial charge in [0.05, 0.1) is 24.2 Å². The Morgan fingerprint density at radius 2 is 1.84 bits per heavy atom. The average molecular weight is 476 g/mol. The molecular weight excluding hydrogens is 458 g/mol. The number of carbonyl (C=O) groups excluding carboxylic acids is 1. The van der Waals surface area contributed by atoms with Gasteiger partial charge in [0.1, 0.15) is 5.76 Å². The Morgan fingerprint density at radius 3 is 2.48 bits per heavy atom. The van der Waals surface area contributed by atoms with Gasteiger partial charge in [-0.2, -0.15) is 0 Å². The van der Waals surface area contributed by atoms with Crippen LogP contribution < -0.4 is 0 Å². The van der Waals surface area contributed by atoms with Gasteiger partial charge in [0.25, 0.3) is 5.91 Å². The summed E-state index contributed by atoms with van der Waals surface area (Å²) in [6.07, 6.45) is 1.54. The van der Waals surface area contributed by atoms with Crippen LogP contribution in [0.1, 0.15) is 26.8 Å². The summed E-state index contributed by atoms with van der Waals surface area (Å²) in [5, 5.41) is 2.08. The Labute approximate surface area is 188 Å². The molecule has 0 aliphatic heterocycles. The molecule has 4 aromatic rings. The second-order valence-corrected chi connectivity index (χ2v) is 10.2. The molecule has 0 bridgehead atoms. The van der Waals surface area contributed by atoms with Crippen LogP contribution in [0.2, 0.25) is 5.02 Å². The number of carbonyl (C=O) groups is 1. The van der Waals surface area contributed by atoms with Gasteiger partial charge in [-0.05, 0) is 72.5 Å². The highest BCUT2D eigenvalue weighted by Crippen LogP contribution is 2.26. The van der Waals surface area contributed by atoms with E-state index in [0.29, 0.717) is 17.3 Å². The van der Waals surface area contributed by atoms with E-state index in [0.717, 1.165) is 10.4 Å². The lowest BCUT2D eigenvalue weighted by Gasteiger charge is -2.20. The van der Waals surface area contributed by atoms with E-state index < -0.39 is 15.7 Å². The topological polar surface area (TPSA) is 80.7 Å². The van der Waals surface area contributed by atoms with Crippen molar-refractivity contribution in [2.24, 2.45) is 0 Å². The van der Waals surface area contributed by atoms with Gasteiger partial charge in [0.15, 0.2) is 5.76 Å². The van der Waals surface area contributed by atoms with Gasteiger partial charge in [0.2, 0.25) is 14.9 Å². The van der Waals surface area contributed by atoms with Crippen molar-refractivity contribution < 1.29 is 22.0 Å². The zero-order chi connectivity index (χ0) is 22.0. The van der Waals surface area contributed by atoms with Gasteiger partial charge in [-0.3, -0.25) is 4.79 Å². The molecule has 160 valence electrons. The number of thiophene rings is 1. The second kappa shape index (κ2) is 8.74. The van der Waals surface area contributed by atoms with Crippen molar-refractivity contribution in [2.45, 2.75) is 30.0 Å². The predicted octanol–water partition coefficient (Wildman–Crippen LogP) is 5.57. The molecule has 0 saturated carbocycles. The van der Waals surface area contributed by atoms with Crippen LogP contribution in [0.4, 0.5) is 0 Å². The third-order valence-electron chi connectivity index (χ3n) is 4.70. The highest BCUT2D eigenvalue weighted by molar-refractivity contribution is 7.91. The Bertz CT molecular complexity index is 1290. The van der Waals surface area contributed by atoms with Gasteiger partial charge < -0.3 is 13.7 Å². The molecule has 6 nitrogen and oxygen atoms in total. The van der Waals surface area contributed by atoms with Crippen LogP contribution in [0.15, 0.2) is 85.1 Å². The number of amides is 1. The molecule has 0 radical (unpaired) electrons. The van der Waals surface area contributed by atoms with E-state index in [4.69, 9.17) is 20.4 Å². The molecule has 0 spiro atoms. The monoisotopic (exact) mass is 475 g/mol. The summed E-state index contributed by atoms with van der Waals surface area (Å²) in [6, 6.07) is 13.9. The molecule has 0 aliphatic carbocycles. The molecule has 3 aromatic heterocycles. The zero-order valence-corrected chi connectivity index (χ0v) is 18.8. The van der Waals surface area contributed by atoms with Gasteiger partial charge >= 0.3 is 0 Å². The quantitative estimate of drug-likeness (QED) is 0.349. The predicted molar refractivity (Wildman–Crippen MR) is 117 cm³/mol. The van der Waals surface area contributed by atoms with Crippen molar-refractivity contribution in [3.63, 3.8) is 0 Å². The molecule has 1 aromatic carbocycles. The fraction of sp³-hybridized carbons (Fsp3) is 0.136. The normalized spacial score (nSPS) is 11.5. The van der Waals surface area contributed by atoms with Crippen molar-refractivity contribution in [1.29, 1.82) is 0 Å². The van der Waals surface area contributed by atoms with E-state index in [1.165, 1.54) is 42.7 Å². The van der Waals surface area contributed by atoms with Crippen molar-refractivity contribution >= 4 is 38.7 Å². The molecule has 0 saturated heterocycles. The number of furan rings is 2. The van der Waals surface area contributed by atoms with E-state index in [1.807, 2.05) is 18.4 Å². The molecule has 0 aliphatic rings. The minimum absolute atomic E-state index is 0.0342. The van der Waals surface area contributed by atoms with E-state index >= 15 is 0 Å². The van der Waals surface area contributed by atoms with Crippen molar-refractivity contribution in [3.8, 4) is 0 Å². The Balaban J connectivity index is 1.62. The molecule has 1 amide bonds. The van der Waals surface area contributed by atoms with Crippen LogP contribution in [0, 0.1) is 6.92 Å². The minimum Gasteiger partial charge on any atom is -0.467 e. The van der Waals surface area contributed by atoms with E-state index in [1.54, 1.807) is 28.4 Å². The largest absolute Gasteiger partial charge is 0.467 e. The standard InChI is InChI=1S/C22H18ClNO5S2/c1-15-10-12-30-20(15)14-24(13-17-3-2-11-28-17)22(25)19-8-9-21(29-19)31(26,27)18-6-4-16(23)5-7-18/h2-12H,13-14H2,1H3. The number of nitrogens with zero attached hydrogens (tertiary/aromatic N) is 1. The lowest BCUT2D eigenvalue weighted by Crippen LogP contribution is -2.29. The lowest BCUT2D eigenvalue weighted by molar-refractivity contribution is 0.0681. The summed E-state index contributed by atoms with van der Waals surface area (Å²) in [5.41, 5.74) is 1.08. The van der Waals surface area contributed by atoms with Crippen molar-refractivity contribution in [1.82, 2.24) is 4.90 Å². The van der Waals surface area contributed by atoms with Crippen LogP contribution in [-0.2, 0) is 22.9 Å². The van der Waals surface area contributed by atoms with Crippen LogP contribution in [-0.4, -0.2) is 19.2 Å². The first-order valence-electron chi connectivity index (χ1n) is 9.30. The summed E-state index contributed by atoms with van der Waals surface area (Å²) < 4.78 is 36.6. The highest BCUT2D eigenvalue weighted by atomic mass is 35.5. The first kappa shape index (κ1) is 21.4. The van der Waals surface area contributed by atoms with Gasteiger partial charge in [0, 0.05) is 9.90 Å². The van der Waals surface area contributed by atoms with Gasteiger partial charge in [-0.25, -0.2) is 8.42 Å². The fourth-order valence-electron chi connectivity index (χ4n) is 2.99. The van der Waals surface area contributed by atoms with Crippen LogP contribution in [0.5, 0.6) is 0 Å². The molecule has 3 heterocycles. The Kier molecular flexibility index (Phi) is 6.04. The third-order valence-corrected chi connectivity index (χ3v) is 7.60. The maximum atomic E-state index is 13.2. The van der Waals surface area contributed by atoms with Crippen LogP contribution in [0.3, 0.4) is 0 Å². The molecule has 0 atom stereocenters. The maximum absolute atomic E-state index is 13.2. The second-order valence-electron chi connectivity index (χ2n) is 6.84. The van der Waals surface area contributed by atoms with Gasteiger partial charge in [-0.1, -0.05) is 11.6 Å². The first-order valence-corrected chi connectivity index (χ1v) is 12.0. The lowest BCUT2D eigenvalue weighted by atomic mass is 10.2. The molecule has 0 fully saturated rings. The highest BCUT2D eigenvalue weighted by Gasteiger charge is 2.26. The number of benzene rings is 1. The molecule has 9 heteroatoms. The van der Waals surface area contributed by atoms with E-state index in [2.05, 4.69) is 0 Å². The summed E-state index contributed by atoms with van der Waals surface area (Å²) in [6.45, 7) is 2.55. The van der Waals surface area contributed by atoms with Crippen LogP contribution >= 0.6 is 22.9 Å². The number of rotatable bonds is 7. The van der Waals surface area contributed by atoms with Crippen molar-refractivity contribution in [3.05, 3.63) is 93.2 Å². The summed E-state index contributed by atoms with van der Waals surface area (Å²) in [4.78, 5) is 15.8. The minimum atomic E-state index is -3.91. The molecule has 31 heavy (non-hydrogen) atoms. The smallest absolute Gasteiger partial charge is 0.290 e. The number of hydrogen-bond acceptors (Lipinski definition) is 6. The molecule has 4 rings (SSSR count). The van der Waals surface area contributed by atoms with Crippen molar-refractivity contribution in [2.75, 3.05) is 0 Å². The number of sulfone groups is 1. The zero-order valence-electron chi connectivity index (χ0n) is 16.4. The number of hydrogen-bond donors (Lipinski definition) is 0. The molecule has 0 N–H and O–H groups in total. The Morgan fingerprint density at radius 1 is 1.06 bits per heavy atom. The first-order chi connectivity index (χ1) is 14.8. The molecular formula is C22H18ClNO5S2. The summed E-state index contributed by atoms with van der Waals surface area (Å²) in [7, 11) is -3.91. The average Bonchev–Trinajstić information content (AvgIpc) is 3.50. The van der Waals surface area contributed by atoms with E-state index in [9.17, 15) is 13.2 Å². The molecule has 0 unspecified atom stereocenters. The Hall–Kier alpha value is -2.81. The van der Waals surface area contributed by atoms with E-state index in [-0.39, 0.29) is 22.3 Å². The maximum Gasteiger partial charge on any atom is 0.290 e. The SMILES string of the molecule is Cc1ccsc1CN(Cc1ccco1)C(=O)c1ccc(S(=O)(=O)c2ccc(Cl)cc2)o1. The summed E-state index contributed by atoms with van der Waals surface area (Å²) in [5.74, 6) is 0.123. The fourth-order valence-corrected chi connectivity index (χ4v) is 5.21. The number of halogens is 1.